The van der Waals surface area contributed by atoms with Crippen LogP contribution in [0.1, 0.15) is 18.1 Å². The number of benzene rings is 2. The van der Waals surface area contributed by atoms with Gasteiger partial charge in [-0.25, -0.2) is 0 Å². The van der Waals surface area contributed by atoms with Gasteiger partial charge in [0.05, 0.1) is 0 Å². The molecule has 0 aliphatic rings. The fourth-order valence-electron chi connectivity index (χ4n) is 2.31. The molecule has 2 aromatic rings. The van der Waals surface area contributed by atoms with Crippen LogP contribution < -0.4 is 10.6 Å². The Morgan fingerprint density at radius 1 is 0.828 bits per heavy atom. The van der Waals surface area contributed by atoms with Gasteiger partial charge in [-0.3, -0.25) is 9.59 Å². The van der Waals surface area contributed by atoms with Gasteiger partial charge in [-0.2, -0.15) is 0 Å². The SMILES string of the molecule is CC(CNC(=O)C=Cc1c(Cl)cccc1Cl)NC(=O)C=Cc1c(Cl)cccc1Cl. The van der Waals surface area contributed by atoms with Gasteiger partial charge in [-0.15, -0.1) is 0 Å². The number of amides is 2. The molecule has 0 fully saturated rings. The molecule has 2 N–H and O–H groups in total. The average molecular weight is 472 g/mol. The maximum absolute atomic E-state index is 12.0. The highest BCUT2D eigenvalue weighted by molar-refractivity contribution is 6.37. The predicted molar refractivity (Wildman–Crippen MR) is 122 cm³/mol. The summed E-state index contributed by atoms with van der Waals surface area (Å²) in [6, 6.07) is 9.90. The summed E-state index contributed by atoms with van der Waals surface area (Å²) >= 11 is 24.2. The molecule has 0 aliphatic carbocycles. The van der Waals surface area contributed by atoms with Gasteiger partial charge in [0, 0.05) is 56.0 Å². The number of carbonyl (C=O) groups excluding carboxylic acids is 2. The number of rotatable bonds is 7. The molecule has 4 nitrogen and oxygen atoms in total. The van der Waals surface area contributed by atoms with Crippen molar-refractivity contribution in [2.75, 3.05) is 6.54 Å². The van der Waals surface area contributed by atoms with Crippen molar-refractivity contribution in [3.8, 4) is 0 Å². The summed E-state index contributed by atoms with van der Waals surface area (Å²) in [5.74, 6) is -0.665. The third-order valence-corrected chi connectivity index (χ3v) is 5.09. The van der Waals surface area contributed by atoms with E-state index in [4.69, 9.17) is 46.4 Å². The van der Waals surface area contributed by atoms with Crippen molar-refractivity contribution >= 4 is 70.4 Å². The zero-order valence-electron chi connectivity index (χ0n) is 15.4. The monoisotopic (exact) mass is 470 g/mol. The number of nitrogens with one attached hydrogen (secondary N) is 2. The maximum atomic E-state index is 12.0. The fourth-order valence-corrected chi connectivity index (χ4v) is 3.36. The second-order valence-corrected chi connectivity index (χ2v) is 7.72. The molecule has 0 bridgehead atoms. The summed E-state index contributed by atoms with van der Waals surface area (Å²) in [6.07, 6.45) is 5.76. The molecule has 0 aliphatic heterocycles. The molecule has 0 spiro atoms. The van der Waals surface area contributed by atoms with Gasteiger partial charge in [0.2, 0.25) is 11.8 Å². The summed E-state index contributed by atoms with van der Waals surface area (Å²) in [5.41, 5.74) is 1.13. The Morgan fingerprint density at radius 2 is 1.24 bits per heavy atom. The van der Waals surface area contributed by atoms with Crippen LogP contribution >= 0.6 is 46.4 Å². The molecule has 0 radical (unpaired) electrons. The van der Waals surface area contributed by atoms with Crippen LogP contribution in [0.4, 0.5) is 0 Å². The van der Waals surface area contributed by atoms with Crippen molar-refractivity contribution < 1.29 is 9.59 Å². The molecule has 1 atom stereocenters. The molecule has 29 heavy (non-hydrogen) atoms. The number of hydrogen-bond donors (Lipinski definition) is 2. The van der Waals surface area contributed by atoms with Crippen LogP contribution in [-0.4, -0.2) is 24.4 Å². The summed E-state index contributed by atoms with van der Waals surface area (Å²) in [7, 11) is 0. The number of hydrogen-bond acceptors (Lipinski definition) is 2. The highest BCUT2D eigenvalue weighted by Crippen LogP contribution is 2.26. The van der Waals surface area contributed by atoms with Crippen LogP contribution in [0.3, 0.4) is 0 Å². The first kappa shape index (κ1) is 23.3. The lowest BCUT2D eigenvalue weighted by Crippen LogP contribution is -2.40. The molecular formula is C21H18Cl4N2O2. The van der Waals surface area contributed by atoms with Crippen molar-refractivity contribution in [2.45, 2.75) is 13.0 Å². The van der Waals surface area contributed by atoms with Crippen LogP contribution in [0.5, 0.6) is 0 Å². The lowest BCUT2D eigenvalue weighted by Gasteiger charge is -2.12. The Hall–Kier alpha value is -1.98. The molecule has 2 aromatic carbocycles. The minimum absolute atomic E-state index is 0.242. The number of carbonyl (C=O) groups is 2. The smallest absolute Gasteiger partial charge is 0.244 e. The highest BCUT2D eigenvalue weighted by Gasteiger charge is 2.08. The van der Waals surface area contributed by atoms with E-state index < -0.39 is 0 Å². The Balaban J connectivity index is 1.84. The Bertz CT molecular complexity index is 917. The minimum Gasteiger partial charge on any atom is -0.351 e. The third-order valence-electron chi connectivity index (χ3n) is 3.77. The van der Waals surface area contributed by atoms with Crippen LogP contribution in [0.2, 0.25) is 20.1 Å². The first-order chi connectivity index (χ1) is 13.8. The van der Waals surface area contributed by atoms with Crippen molar-refractivity contribution in [1.82, 2.24) is 10.6 Å². The van der Waals surface area contributed by atoms with Crippen molar-refractivity contribution in [3.05, 3.63) is 79.8 Å². The predicted octanol–water partition coefficient (Wildman–Crippen LogP) is 5.65. The molecule has 2 amide bonds. The van der Waals surface area contributed by atoms with E-state index in [0.717, 1.165) is 0 Å². The van der Waals surface area contributed by atoms with Gasteiger partial charge in [0.1, 0.15) is 0 Å². The van der Waals surface area contributed by atoms with E-state index >= 15 is 0 Å². The summed E-state index contributed by atoms with van der Waals surface area (Å²) in [5, 5.41) is 7.24. The van der Waals surface area contributed by atoms with Crippen molar-refractivity contribution in [1.29, 1.82) is 0 Å². The van der Waals surface area contributed by atoms with Crippen LogP contribution in [0.25, 0.3) is 12.2 Å². The topological polar surface area (TPSA) is 58.2 Å². The molecule has 0 saturated carbocycles. The van der Waals surface area contributed by atoms with E-state index in [2.05, 4.69) is 10.6 Å². The molecule has 2 rings (SSSR count). The largest absolute Gasteiger partial charge is 0.351 e. The third kappa shape index (κ3) is 7.41. The Kier molecular flexibility index (Phi) is 9.05. The van der Waals surface area contributed by atoms with Crippen molar-refractivity contribution in [2.24, 2.45) is 0 Å². The fraction of sp³-hybridized carbons (Fsp3) is 0.143. The number of halogens is 4. The lowest BCUT2D eigenvalue weighted by atomic mass is 10.2. The second-order valence-electron chi connectivity index (χ2n) is 6.09. The minimum atomic E-state index is -0.333. The summed E-state index contributed by atoms with van der Waals surface area (Å²) in [6.45, 7) is 2.01. The van der Waals surface area contributed by atoms with Gasteiger partial charge in [0.15, 0.2) is 0 Å². The van der Waals surface area contributed by atoms with E-state index in [1.165, 1.54) is 12.2 Å². The van der Waals surface area contributed by atoms with E-state index in [0.29, 0.717) is 31.2 Å². The maximum Gasteiger partial charge on any atom is 0.244 e. The zero-order chi connectivity index (χ0) is 21.4. The first-order valence-electron chi connectivity index (χ1n) is 8.60. The summed E-state index contributed by atoms with van der Waals surface area (Å²) < 4.78 is 0. The molecule has 8 heteroatoms. The molecule has 152 valence electrons. The van der Waals surface area contributed by atoms with Gasteiger partial charge >= 0.3 is 0 Å². The van der Waals surface area contributed by atoms with E-state index in [1.807, 2.05) is 0 Å². The standard InChI is InChI=1S/C21H18Cl4N2O2/c1-13(27-21(29)11-9-15-18(24)6-3-7-19(15)25)12-26-20(28)10-8-14-16(22)4-2-5-17(14)23/h2-11,13H,12H2,1H3,(H,26,28)(H,27,29). The molecule has 1 unspecified atom stereocenters. The normalized spacial score (nSPS) is 12.3. The van der Waals surface area contributed by atoms with Gasteiger partial charge in [-0.1, -0.05) is 58.5 Å². The quantitative estimate of drug-likeness (QED) is 0.512. The first-order valence-corrected chi connectivity index (χ1v) is 10.1. The molecular weight excluding hydrogens is 454 g/mol. The molecule has 0 saturated heterocycles. The zero-order valence-corrected chi connectivity index (χ0v) is 18.4. The van der Waals surface area contributed by atoms with E-state index in [-0.39, 0.29) is 24.4 Å². The van der Waals surface area contributed by atoms with Gasteiger partial charge < -0.3 is 10.6 Å². The van der Waals surface area contributed by atoms with Crippen LogP contribution in [-0.2, 0) is 9.59 Å². The Labute approximate surface area is 189 Å². The van der Waals surface area contributed by atoms with E-state index in [1.54, 1.807) is 55.5 Å². The van der Waals surface area contributed by atoms with Crippen LogP contribution in [0.15, 0.2) is 48.6 Å². The van der Waals surface area contributed by atoms with Crippen LogP contribution in [0, 0.1) is 0 Å². The lowest BCUT2D eigenvalue weighted by molar-refractivity contribution is -0.118. The average Bonchev–Trinajstić information content (AvgIpc) is 2.65. The summed E-state index contributed by atoms with van der Waals surface area (Å²) in [4.78, 5) is 24.0. The Morgan fingerprint density at radius 3 is 1.69 bits per heavy atom. The molecule has 0 heterocycles. The highest BCUT2D eigenvalue weighted by atomic mass is 35.5. The van der Waals surface area contributed by atoms with E-state index in [9.17, 15) is 9.59 Å². The van der Waals surface area contributed by atoms with Gasteiger partial charge in [0.25, 0.3) is 0 Å². The van der Waals surface area contributed by atoms with Crippen molar-refractivity contribution in [3.63, 3.8) is 0 Å². The second kappa shape index (κ2) is 11.3. The van der Waals surface area contributed by atoms with Gasteiger partial charge in [-0.05, 0) is 43.3 Å². The molecule has 0 aromatic heterocycles.